The minimum atomic E-state index is -4.88. The number of nitrogen functional groups attached to an aromatic ring is 1. The molecule has 0 aromatic carbocycles. The molecule has 16 heteroatoms. The number of ether oxygens (including phenoxy) is 3. The van der Waals surface area contributed by atoms with Crippen LogP contribution in [0, 0.1) is 18.2 Å². The van der Waals surface area contributed by atoms with Gasteiger partial charge in [0.25, 0.3) is 0 Å². The fourth-order valence-electron chi connectivity index (χ4n) is 6.13. The van der Waals surface area contributed by atoms with E-state index >= 15 is 4.39 Å². The SMILES string of the molecule is CC.COC1(CF)CN(CC2(COc3nc4c5c(nc(-c6cc(N)nc(C)c6C(F)(F)F)c(F)c5n3)OC(C)CCNCCN4)CC2)C1. The lowest BCUT2D eigenvalue weighted by atomic mass is 9.93. The average molecular weight is 683 g/mol. The second-order valence-corrected chi connectivity index (χ2v) is 12.6. The quantitative estimate of drug-likeness (QED) is 0.272. The zero-order chi connectivity index (χ0) is 34.9. The molecule has 1 aliphatic carbocycles. The Morgan fingerprint density at radius 3 is 2.48 bits per heavy atom. The van der Waals surface area contributed by atoms with Crippen molar-refractivity contribution in [3.05, 3.63) is 23.1 Å². The summed E-state index contributed by atoms with van der Waals surface area (Å²) in [6, 6.07) is 0.795. The third-order valence-corrected chi connectivity index (χ3v) is 8.85. The van der Waals surface area contributed by atoms with Crippen molar-refractivity contribution in [2.45, 2.75) is 64.8 Å². The van der Waals surface area contributed by atoms with Crippen molar-refractivity contribution in [3.63, 3.8) is 0 Å². The third kappa shape index (κ3) is 7.34. The first-order valence-corrected chi connectivity index (χ1v) is 16.2. The summed E-state index contributed by atoms with van der Waals surface area (Å²) in [5.41, 5.74) is 1.74. The van der Waals surface area contributed by atoms with Crippen molar-refractivity contribution in [3.8, 4) is 23.1 Å². The standard InChI is InChI=1S/C30H37F5N8O3.C2H6/c1-16-4-7-37-8-9-38-25-20-24(41-27(42-25)45-15-28(5-6-28)12-43-13-29(11-31,14-43)44-3)22(32)23(40-26(20)46-16)18-10-19(36)39-17(2)21(18)30(33,34)35;1-2/h10,16,37H,4-9,11-15H2,1-3H3,(H2,36,39)(H,38,41,42);1-2H3. The van der Waals surface area contributed by atoms with Gasteiger partial charge in [0.15, 0.2) is 5.82 Å². The van der Waals surface area contributed by atoms with Gasteiger partial charge >= 0.3 is 12.2 Å². The first kappa shape index (κ1) is 35.7. The zero-order valence-corrected chi connectivity index (χ0v) is 27.9. The van der Waals surface area contributed by atoms with Crippen LogP contribution in [0.1, 0.15) is 51.3 Å². The van der Waals surface area contributed by atoms with E-state index in [9.17, 15) is 17.6 Å². The Balaban J connectivity index is 0.00000221. The van der Waals surface area contributed by atoms with Crippen LogP contribution in [0.15, 0.2) is 6.07 Å². The molecule has 4 N–H and O–H groups in total. The summed E-state index contributed by atoms with van der Waals surface area (Å²) in [4.78, 5) is 19.1. The molecule has 3 aromatic rings. The summed E-state index contributed by atoms with van der Waals surface area (Å²) in [6.07, 6.45) is -3.02. The lowest BCUT2D eigenvalue weighted by Crippen LogP contribution is -2.65. The number of rotatable bonds is 8. The molecule has 1 saturated heterocycles. The highest BCUT2D eigenvalue weighted by Gasteiger charge is 2.51. The second kappa shape index (κ2) is 14.1. The number of nitrogens with zero attached hydrogens (tertiary/aromatic N) is 5. The van der Waals surface area contributed by atoms with Gasteiger partial charge in [-0.2, -0.15) is 23.1 Å². The summed E-state index contributed by atoms with van der Waals surface area (Å²) in [6.45, 7) is 9.74. The van der Waals surface area contributed by atoms with Gasteiger partial charge in [-0.3, -0.25) is 4.90 Å². The van der Waals surface area contributed by atoms with Crippen LogP contribution >= 0.6 is 0 Å². The predicted octanol–water partition coefficient (Wildman–Crippen LogP) is 5.16. The van der Waals surface area contributed by atoms with Gasteiger partial charge in [-0.15, -0.1) is 0 Å². The molecule has 1 saturated carbocycles. The summed E-state index contributed by atoms with van der Waals surface area (Å²) in [5, 5.41) is 6.51. The van der Waals surface area contributed by atoms with E-state index in [-0.39, 0.29) is 46.5 Å². The Morgan fingerprint density at radius 1 is 1.10 bits per heavy atom. The van der Waals surface area contributed by atoms with Gasteiger partial charge in [0, 0.05) is 50.8 Å². The van der Waals surface area contributed by atoms with Crippen molar-refractivity contribution < 1.29 is 36.2 Å². The topological polar surface area (TPSA) is 133 Å². The molecule has 2 aliphatic heterocycles. The van der Waals surface area contributed by atoms with E-state index in [1.54, 1.807) is 6.92 Å². The van der Waals surface area contributed by atoms with Crippen molar-refractivity contribution in [1.82, 2.24) is 30.2 Å². The molecule has 0 bridgehead atoms. The van der Waals surface area contributed by atoms with Crippen LogP contribution in [0.5, 0.6) is 11.9 Å². The molecular formula is C32H43F5N8O3. The number of nitrogens with two attached hydrogens (primary N) is 1. The molecule has 1 unspecified atom stereocenters. The van der Waals surface area contributed by atoms with E-state index in [0.29, 0.717) is 45.7 Å². The average Bonchev–Trinajstić information content (AvgIpc) is 3.80. The molecule has 0 radical (unpaired) electrons. The minimum absolute atomic E-state index is 0.0819. The first-order chi connectivity index (χ1) is 22.9. The number of methoxy groups -OCH3 is 1. The van der Waals surface area contributed by atoms with Crippen LogP contribution in [0.3, 0.4) is 0 Å². The van der Waals surface area contributed by atoms with Crippen LogP contribution in [-0.4, -0.2) is 96.2 Å². The highest BCUT2D eigenvalue weighted by molar-refractivity contribution is 5.96. The largest absolute Gasteiger partial charge is 0.474 e. The molecule has 6 rings (SSSR count). The molecule has 5 heterocycles. The molecule has 264 valence electrons. The number of halogens is 5. The van der Waals surface area contributed by atoms with E-state index in [0.717, 1.165) is 25.8 Å². The van der Waals surface area contributed by atoms with Gasteiger partial charge in [0.2, 0.25) is 5.88 Å². The number of alkyl halides is 4. The molecule has 48 heavy (non-hydrogen) atoms. The van der Waals surface area contributed by atoms with Crippen molar-refractivity contribution >= 4 is 22.5 Å². The summed E-state index contributed by atoms with van der Waals surface area (Å²) in [7, 11) is 1.50. The number of likely N-dealkylation sites (tertiary alicyclic amines) is 1. The minimum Gasteiger partial charge on any atom is -0.474 e. The number of nitrogens with one attached hydrogen (secondary N) is 2. The first-order valence-electron chi connectivity index (χ1n) is 16.2. The maximum Gasteiger partial charge on any atom is 0.418 e. The molecule has 0 amide bonds. The van der Waals surface area contributed by atoms with Gasteiger partial charge < -0.3 is 30.6 Å². The van der Waals surface area contributed by atoms with Gasteiger partial charge in [-0.05, 0) is 45.7 Å². The lowest BCUT2D eigenvalue weighted by Gasteiger charge is -2.48. The van der Waals surface area contributed by atoms with Gasteiger partial charge in [0.1, 0.15) is 40.5 Å². The Morgan fingerprint density at radius 2 is 1.83 bits per heavy atom. The Hall–Kier alpha value is -3.63. The van der Waals surface area contributed by atoms with E-state index in [1.165, 1.54) is 7.11 Å². The molecule has 1 atom stereocenters. The highest BCUT2D eigenvalue weighted by atomic mass is 19.4. The normalized spacial score (nSPS) is 20.3. The van der Waals surface area contributed by atoms with Crippen LogP contribution in [0.4, 0.5) is 33.6 Å². The van der Waals surface area contributed by atoms with Crippen molar-refractivity contribution in [2.75, 3.05) is 70.7 Å². The number of hydrogen-bond donors (Lipinski definition) is 3. The third-order valence-electron chi connectivity index (χ3n) is 8.85. The van der Waals surface area contributed by atoms with E-state index < -0.39 is 52.9 Å². The number of anilines is 2. The van der Waals surface area contributed by atoms with Gasteiger partial charge in [-0.1, -0.05) is 13.8 Å². The summed E-state index contributed by atoms with van der Waals surface area (Å²) < 4.78 is 90.4. The Kier molecular flexibility index (Phi) is 10.5. The van der Waals surface area contributed by atoms with Crippen LogP contribution < -0.4 is 25.8 Å². The molecule has 2 fully saturated rings. The predicted molar refractivity (Wildman–Crippen MR) is 171 cm³/mol. The zero-order valence-electron chi connectivity index (χ0n) is 27.9. The number of pyridine rings is 2. The number of aryl methyl sites for hydroxylation is 1. The van der Waals surface area contributed by atoms with E-state index in [2.05, 4.69) is 35.5 Å². The molecular weight excluding hydrogens is 639 g/mol. The number of aromatic nitrogens is 4. The van der Waals surface area contributed by atoms with Gasteiger partial charge in [0.05, 0.1) is 24.0 Å². The van der Waals surface area contributed by atoms with Crippen molar-refractivity contribution in [2.24, 2.45) is 5.41 Å². The highest BCUT2D eigenvalue weighted by Crippen LogP contribution is 2.48. The molecule has 3 aliphatic rings. The van der Waals surface area contributed by atoms with Gasteiger partial charge in [-0.25, -0.2) is 18.7 Å². The van der Waals surface area contributed by atoms with Crippen LogP contribution in [0.25, 0.3) is 22.2 Å². The van der Waals surface area contributed by atoms with Crippen molar-refractivity contribution in [1.29, 1.82) is 0 Å². The Labute approximate surface area is 276 Å². The van der Waals surface area contributed by atoms with E-state index in [4.69, 9.17) is 19.9 Å². The van der Waals surface area contributed by atoms with Crippen LogP contribution in [0.2, 0.25) is 0 Å². The second-order valence-electron chi connectivity index (χ2n) is 12.6. The summed E-state index contributed by atoms with van der Waals surface area (Å²) >= 11 is 0. The molecule has 0 spiro atoms. The summed E-state index contributed by atoms with van der Waals surface area (Å²) in [5.74, 6) is -1.29. The molecule has 3 aromatic heterocycles. The maximum atomic E-state index is 16.6. The Bertz CT molecular complexity index is 1610. The van der Waals surface area contributed by atoms with E-state index in [1.807, 2.05) is 13.8 Å². The monoisotopic (exact) mass is 682 g/mol. The number of hydrogen-bond acceptors (Lipinski definition) is 11. The van der Waals surface area contributed by atoms with Crippen LogP contribution in [-0.2, 0) is 10.9 Å². The fraction of sp³-hybridized carbons (Fsp3) is 0.625. The molecule has 11 nitrogen and oxygen atoms in total. The smallest absolute Gasteiger partial charge is 0.418 e. The fourth-order valence-corrected chi connectivity index (χ4v) is 6.13. The maximum absolute atomic E-state index is 16.6. The lowest BCUT2D eigenvalue weighted by molar-refractivity contribution is -0.140.